The summed E-state index contributed by atoms with van der Waals surface area (Å²) >= 11 is 0. The number of para-hydroxylation sites is 1. The summed E-state index contributed by atoms with van der Waals surface area (Å²) in [6.45, 7) is 2.09. The second-order valence-corrected chi connectivity index (χ2v) is 3.54. The zero-order valence-corrected chi connectivity index (χ0v) is 8.80. The van der Waals surface area contributed by atoms with Crippen molar-refractivity contribution in [2.45, 2.75) is 19.4 Å². The highest BCUT2D eigenvalue weighted by atomic mass is 15.0. The van der Waals surface area contributed by atoms with Crippen molar-refractivity contribution >= 4 is 0 Å². The lowest BCUT2D eigenvalue weighted by molar-refractivity contribution is 0.692. The molecule has 0 saturated heterocycles. The molecular formula is C12H15N3. The average Bonchev–Trinajstić information content (AvgIpc) is 2.81. The van der Waals surface area contributed by atoms with Crippen LogP contribution in [0.1, 0.15) is 24.9 Å². The van der Waals surface area contributed by atoms with E-state index in [-0.39, 0.29) is 6.04 Å². The molecule has 2 N–H and O–H groups in total. The Morgan fingerprint density at radius 2 is 2.20 bits per heavy atom. The molecular weight excluding hydrogens is 186 g/mol. The number of imidazole rings is 1. The van der Waals surface area contributed by atoms with Gasteiger partial charge in [0.2, 0.25) is 0 Å². The van der Waals surface area contributed by atoms with E-state index in [9.17, 15) is 0 Å². The summed E-state index contributed by atoms with van der Waals surface area (Å²) in [6.07, 6.45) is 6.43. The largest absolute Gasteiger partial charge is 0.324 e. The van der Waals surface area contributed by atoms with Crippen LogP contribution in [0.2, 0.25) is 0 Å². The van der Waals surface area contributed by atoms with Crippen LogP contribution in [0.3, 0.4) is 0 Å². The molecule has 0 bridgehead atoms. The average molecular weight is 201 g/mol. The topological polar surface area (TPSA) is 43.8 Å². The van der Waals surface area contributed by atoms with Gasteiger partial charge in [-0.3, -0.25) is 0 Å². The van der Waals surface area contributed by atoms with Crippen molar-refractivity contribution < 1.29 is 0 Å². The van der Waals surface area contributed by atoms with Crippen molar-refractivity contribution in [2.24, 2.45) is 5.73 Å². The van der Waals surface area contributed by atoms with Gasteiger partial charge in [0.25, 0.3) is 0 Å². The zero-order chi connectivity index (χ0) is 10.7. The molecule has 0 spiro atoms. The van der Waals surface area contributed by atoms with Crippen LogP contribution in [0.15, 0.2) is 43.0 Å². The summed E-state index contributed by atoms with van der Waals surface area (Å²) in [5.74, 6) is 0. The first-order chi connectivity index (χ1) is 7.33. The first-order valence-corrected chi connectivity index (χ1v) is 5.15. The van der Waals surface area contributed by atoms with E-state index in [4.69, 9.17) is 5.73 Å². The highest BCUT2D eigenvalue weighted by molar-refractivity contribution is 5.42. The summed E-state index contributed by atoms with van der Waals surface area (Å²) < 4.78 is 1.99. The van der Waals surface area contributed by atoms with Gasteiger partial charge in [0.1, 0.15) is 0 Å². The highest BCUT2D eigenvalue weighted by Gasteiger charge is 2.09. The van der Waals surface area contributed by atoms with E-state index < -0.39 is 0 Å². The molecule has 78 valence electrons. The van der Waals surface area contributed by atoms with Crippen LogP contribution in [0, 0.1) is 0 Å². The van der Waals surface area contributed by atoms with E-state index in [1.165, 1.54) is 0 Å². The first kappa shape index (κ1) is 9.93. The molecule has 1 heterocycles. The Morgan fingerprint density at radius 1 is 1.40 bits per heavy atom. The highest BCUT2D eigenvalue weighted by Crippen LogP contribution is 2.21. The molecule has 1 atom stereocenters. The summed E-state index contributed by atoms with van der Waals surface area (Å²) in [6, 6.07) is 8.26. The molecule has 15 heavy (non-hydrogen) atoms. The zero-order valence-electron chi connectivity index (χ0n) is 8.80. The summed E-state index contributed by atoms with van der Waals surface area (Å²) in [5.41, 5.74) is 8.35. The Kier molecular flexibility index (Phi) is 2.83. The Hall–Kier alpha value is -1.61. The second-order valence-electron chi connectivity index (χ2n) is 3.54. The Bertz CT molecular complexity index is 420. The van der Waals surface area contributed by atoms with Gasteiger partial charge in [0.15, 0.2) is 0 Å². The summed E-state index contributed by atoms with van der Waals surface area (Å²) in [4.78, 5) is 4.05. The van der Waals surface area contributed by atoms with Gasteiger partial charge in [-0.25, -0.2) is 4.98 Å². The van der Waals surface area contributed by atoms with E-state index in [2.05, 4.69) is 24.0 Å². The fourth-order valence-corrected chi connectivity index (χ4v) is 1.66. The van der Waals surface area contributed by atoms with Crippen LogP contribution >= 0.6 is 0 Å². The molecule has 0 aliphatic heterocycles. The van der Waals surface area contributed by atoms with Crippen molar-refractivity contribution in [2.75, 3.05) is 0 Å². The number of aromatic nitrogens is 2. The standard InChI is InChI=1S/C12H15N3/c1-2-11(13)10-5-3-4-6-12(10)15-8-7-14-9-15/h3-9,11H,2,13H2,1H3/t11-/m1/s1. The molecule has 3 heteroatoms. The lowest BCUT2D eigenvalue weighted by atomic mass is 10.0. The lowest BCUT2D eigenvalue weighted by Crippen LogP contribution is -2.11. The van der Waals surface area contributed by atoms with Gasteiger partial charge in [0.05, 0.1) is 12.0 Å². The number of hydrogen-bond acceptors (Lipinski definition) is 2. The minimum absolute atomic E-state index is 0.0867. The molecule has 1 aromatic carbocycles. The van der Waals surface area contributed by atoms with E-state index in [0.29, 0.717) is 0 Å². The predicted molar refractivity (Wildman–Crippen MR) is 60.8 cm³/mol. The van der Waals surface area contributed by atoms with Crippen molar-refractivity contribution in [1.82, 2.24) is 9.55 Å². The van der Waals surface area contributed by atoms with Crippen LogP contribution in [0.25, 0.3) is 5.69 Å². The van der Waals surface area contributed by atoms with Gasteiger partial charge >= 0.3 is 0 Å². The Morgan fingerprint density at radius 3 is 2.87 bits per heavy atom. The third-order valence-electron chi connectivity index (χ3n) is 2.56. The minimum atomic E-state index is 0.0867. The van der Waals surface area contributed by atoms with Gasteiger partial charge < -0.3 is 10.3 Å². The lowest BCUT2D eigenvalue weighted by Gasteiger charge is -2.14. The van der Waals surface area contributed by atoms with E-state index in [1.807, 2.05) is 22.9 Å². The number of benzene rings is 1. The molecule has 0 unspecified atom stereocenters. The molecule has 0 aliphatic rings. The number of hydrogen-bond donors (Lipinski definition) is 1. The smallest absolute Gasteiger partial charge is 0.0991 e. The van der Waals surface area contributed by atoms with Crippen LogP contribution in [-0.4, -0.2) is 9.55 Å². The van der Waals surface area contributed by atoms with E-state index >= 15 is 0 Å². The van der Waals surface area contributed by atoms with Gasteiger partial charge in [-0.15, -0.1) is 0 Å². The van der Waals surface area contributed by atoms with E-state index in [1.54, 1.807) is 12.5 Å². The molecule has 0 saturated carbocycles. The molecule has 0 amide bonds. The minimum Gasteiger partial charge on any atom is -0.324 e. The van der Waals surface area contributed by atoms with Crippen LogP contribution in [0.5, 0.6) is 0 Å². The Labute approximate surface area is 89.6 Å². The molecule has 3 nitrogen and oxygen atoms in total. The number of nitrogens with two attached hydrogens (primary N) is 1. The van der Waals surface area contributed by atoms with Gasteiger partial charge in [-0.05, 0) is 18.1 Å². The van der Waals surface area contributed by atoms with Crippen molar-refractivity contribution in [3.63, 3.8) is 0 Å². The third-order valence-corrected chi connectivity index (χ3v) is 2.56. The van der Waals surface area contributed by atoms with Crippen LogP contribution in [0.4, 0.5) is 0 Å². The molecule has 1 aromatic heterocycles. The van der Waals surface area contributed by atoms with Gasteiger partial charge in [-0.2, -0.15) is 0 Å². The maximum absolute atomic E-state index is 6.07. The van der Waals surface area contributed by atoms with Crippen molar-refractivity contribution in [1.29, 1.82) is 0 Å². The monoisotopic (exact) mass is 201 g/mol. The normalized spacial score (nSPS) is 12.7. The quantitative estimate of drug-likeness (QED) is 0.828. The summed E-state index contributed by atoms with van der Waals surface area (Å²) in [7, 11) is 0. The van der Waals surface area contributed by atoms with Gasteiger partial charge in [-0.1, -0.05) is 25.1 Å². The van der Waals surface area contributed by atoms with Gasteiger partial charge in [0, 0.05) is 18.4 Å². The van der Waals surface area contributed by atoms with Crippen molar-refractivity contribution in [3.8, 4) is 5.69 Å². The molecule has 0 radical (unpaired) electrons. The SMILES string of the molecule is CC[C@@H](N)c1ccccc1-n1ccnc1. The molecule has 2 rings (SSSR count). The number of nitrogens with zero attached hydrogens (tertiary/aromatic N) is 2. The fraction of sp³-hybridized carbons (Fsp3) is 0.250. The van der Waals surface area contributed by atoms with Crippen LogP contribution in [-0.2, 0) is 0 Å². The summed E-state index contributed by atoms with van der Waals surface area (Å²) in [5, 5.41) is 0. The molecule has 0 fully saturated rings. The van der Waals surface area contributed by atoms with Crippen molar-refractivity contribution in [3.05, 3.63) is 48.5 Å². The third kappa shape index (κ3) is 1.92. The maximum atomic E-state index is 6.07. The Balaban J connectivity index is 2.47. The maximum Gasteiger partial charge on any atom is 0.0991 e. The molecule has 2 aromatic rings. The predicted octanol–water partition coefficient (Wildman–Crippen LogP) is 2.28. The fourth-order valence-electron chi connectivity index (χ4n) is 1.66. The molecule has 0 aliphatic carbocycles. The van der Waals surface area contributed by atoms with E-state index in [0.717, 1.165) is 17.7 Å². The first-order valence-electron chi connectivity index (χ1n) is 5.15. The second kappa shape index (κ2) is 4.28. The van der Waals surface area contributed by atoms with Crippen LogP contribution < -0.4 is 5.73 Å². The number of rotatable bonds is 3.